The van der Waals surface area contributed by atoms with Crippen LogP contribution in [-0.4, -0.2) is 65.6 Å². The first-order valence-corrected chi connectivity index (χ1v) is 14.8. The Balaban J connectivity index is 1.36. The number of nitrogens with zero attached hydrogens (tertiary/aromatic N) is 3. The molecule has 0 bridgehead atoms. The summed E-state index contributed by atoms with van der Waals surface area (Å²) in [5.41, 5.74) is 5.21. The highest BCUT2D eigenvalue weighted by atomic mass is 32.1. The number of fused-ring (bicyclic) bond motifs is 4. The molecule has 6 rings (SSSR count). The molecule has 2 aromatic heterocycles. The lowest BCUT2D eigenvalue weighted by Gasteiger charge is -2.28. The fraction of sp³-hybridized carbons (Fsp3) is 0.484. The number of methoxy groups -OCH3 is 1. The van der Waals surface area contributed by atoms with E-state index in [4.69, 9.17) is 9.47 Å². The molecule has 7 nitrogen and oxygen atoms in total. The highest BCUT2D eigenvalue weighted by Crippen LogP contribution is 2.46. The van der Waals surface area contributed by atoms with Crippen molar-refractivity contribution in [1.82, 2.24) is 14.4 Å². The summed E-state index contributed by atoms with van der Waals surface area (Å²) in [6, 6.07) is 10.7. The van der Waals surface area contributed by atoms with Crippen LogP contribution in [0.25, 0.3) is 21.7 Å². The zero-order chi connectivity index (χ0) is 27.4. The van der Waals surface area contributed by atoms with E-state index in [1.807, 2.05) is 30.7 Å². The first-order valence-electron chi connectivity index (χ1n) is 13.9. The second-order valence-electron chi connectivity index (χ2n) is 11.5. The molecule has 2 fully saturated rings. The Labute approximate surface area is 234 Å². The number of benzene rings is 1. The maximum absolute atomic E-state index is 14.1. The van der Waals surface area contributed by atoms with Crippen molar-refractivity contribution in [2.24, 2.45) is 11.8 Å². The van der Waals surface area contributed by atoms with Gasteiger partial charge in [0.05, 0.1) is 18.9 Å². The lowest BCUT2D eigenvalue weighted by molar-refractivity contribution is -0.128. The number of hydrogen-bond donors (Lipinski definition) is 0. The average molecular weight is 548 g/mol. The smallest absolute Gasteiger partial charge is 0.270 e. The Morgan fingerprint density at radius 3 is 2.44 bits per heavy atom. The van der Waals surface area contributed by atoms with Gasteiger partial charge >= 0.3 is 0 Å². The molecule has 0 radical (unpaired) electrons. The molecule has 206 valence electrons. The number of carbonyl (C=O) groups excluding carboxylic acids is 2. The molecule has 0 spiro atoms. The molecular weight excluding hydrogens is 510 g/mol. The van der Waals surface area contributed by atoms with Crippen molar-refractivity contribution in [2.75, 3.05) is 27.2 Å². The first kappa shape index (κ1) is 26.0. The van der Waals surface area contributed by atoms with E-state index >= 15 is 0 Å². The van der Waals surface area contributed by atoms with E-state index in [0.717, 1.165) is 77.8 Å². The molecule has 2 amide bonds. The molecule has 1 aliphatic carbocycles. The standard InChI is InChI=1S/C31H37N3O4S/c1-18(2)38-28-15-24-20(13-27(28)37-5)8-9-34-26(14-25(30(24)34)29-7-6-10-39-29)31(36)32(4)23-11-21-16-33(19(3)35)17-22(21)12-23/h6-7,10,13-15,18,21-23H,8-9,11-12,16-17H2,1-5H3/t21-,22?,23?/m1/s1. The predicted molar refractivity (Wildman–Crippen MR) is 154 cm³/mol. The second-order valence-corrected chi connectivity index (χ2v) is 12.4. The summed E-state index contributed by atoms with van der Waals surface area (Å²) in [7, 11) is 3.64. The molecule has 3 atom stereocenters. The normalized spacial score (nSPS) is 21.5. The third-order valence-corrected chi connectivity index (χ3v) is 9.66. The van der Waals surface area contributed by atoms with Crippen LogP contribution in [-0.2, 0) is 17.8 Å². The quantitative estimate of drug-likeness (QED) is 0.405. The van der Waals surface area contributed by atoms with Crippen molar-refractivity contribution in [3.8, 4) is 33.2 Å². The van der Waals surface area contributed by atoms with Gasteiger partial charge in [-0.15, -0.1) is 11.3 Å². The van der Waals surface area contributed by atoms with Crippen molar-refractivity contribution in [2.45, 2.75) is 58.7 Å². The van der Waals surface area contributed by atoms with E-state index in [-0.39, 0.29) is 24.0 Å². The molecule has 1 aromatic carbocycles. The van der Waals surface area contributed by atoms with Gasteiger partial charge in [-0.25, -0.2) is 0 Å². The average Bonchev–Trinajstić information content (AvgIpc) is 3.69. The Hall–Kier alpha value is -3.26. The minimum atomic E-state index is 0.0170. The molecule has 4 heterocycles. The maximum Gasteiger partial charge on any atom is 0.270 e. The van der Waals surface area contributed by atoms with Crippen molar-refractivity contribution in [3.63, 3.8) is 0 Å². The number of carbonyl (C=O) groups is 2. The van der Waals surface area contributed by atoms with Gasteiger partial charge in [0.15, 0.2) is 11.5 Å². The number of likely N-dealkylation sites (tertiary alicyclic amines) is 1. The number of hydrogen-bond acceptors (Lipinski definition) is 5. The number of ether oxygens (including phenoxy) is 2. The molecule has 0 N–H and O–H groups in total. The van der Waals surface area contributed by atoms with Gasteiger partial charge in [0.25, 0.3) is 5.91 Å². The topological polar surface area (TPSA) is 64.0 Å². The number of amides is 2. The van der Waals surface area contributed by atoms with Crippen LogP contribution in [0, 0.1) is 11.8 Å². The molecule has 8 heteroatoms. The lowest BCUT2D eigenvalue weighted by Crippen LogP contribution is -2.38. The SMILES string of the molecule is COc1cc2c(cc1OC(C)C)-c1c(-c3cccs3)cc(C(=O)N(C)C3CC4CN(C(C)=O)C[C@H]4C3)n1CC2. The van der Waals surface area contributed by atoms with E-state index < -0.39 is 0 Å². The zero-order valence-corrected chi connectivity index (χ0v) is 24.2. The van der Waals surface area contributed by atoms with Gasteiger partial charge in [0, 0.05) is 55.7 Å². The lowest BCUT2D eigenvalue weighted by atomic mass is 9.95. The summed E-state index contributed by atoms with van der Waals surface area (Å²) in [4.78, 5) is 31.0. The Morgan fingerprint density at radius 2 is 1.82 bits per heavy atom. The number of thiophene rings is 1. The van der Waals surface area contributed by atoms with E-state index in [1.54, 1.807) is 25.4 Å². The number of rotatable bonds is 6. The summed E-state index contributed by atoms with van der Waals surface area (Å²) in [6.45, 7) is 8.06. The molecular formula is C31H37N3O4S. The van der Waals surface area contributed by atoms with Crippen molar-refractivity contribution in [3.05, 3.63) is 47.0 Å². The van der Waals surface area contributed by atoms with Crippen LogP contribution in [0.4, 0.5) is 0 Å². The minimum Gasteiger partial charge on any atom is -0.493 e. The van der Waals surface area contributed by atoms with Crippen LogP contribution < -0.4 is 9.47 Å². The van der Waals surface area contributed by atoms with Crippen LogP contribution in [0.15, 0.2) is 35.7 Å². The van der Waals surface area contributed by atoms with E-state index in [0.29, 0.717) is 11.8 Å². The molecule has 1 saturated heterocycles. The fourth-order valence-corrected chi connectivity index (χ4v) is 7.57. The van der Waals surface area contributed by atoms with Crippen molar-refractivity contribution in [1.29, 1.82) is 0 Å². The maximum atomic E-state index is 14.1. The summed E-state index contributed by atoms with van der Waals surface area (Å²) in [5.74, 6) is 2.66. The molecule has 3 aromatic rings. The molecule has 2 unspecified atom stereocenters. The van der Waals surface area contributed by atoms with Crippen LogP contribution >= 0.6 is 11.3 Å². The third-order valence-electron chi connectivity index (χ3n) is 8.75. The van der Waals surface area contributed by atoms with Gasteiger partial charge < -0.3 is 23.8 Å². The number of aromatic nitrogens is 1. The van der Waals surface area contributed by atoms with E-state index in [9.17, 15) is 9.59 Å². The summed E-state index contributed by atoms with van der Waals surface area (Å²) >= 11 is 1.69. The fourth-order valence-electron chi connectivity index (χ4n) is 6.82. The minimum absolute atomic E-state index is 0.0170. The molecule has 39 heavy (non-hydrogen) atoms. The predicted octanol–water partition coefficient (Wildman–Crippen LogP) is 5.56. The Morgan fingerprint density at radius 1 is 1.08 bits per heavy atom. The third kappa shape index (κ3) is 4.52. The highest BCUT2D eigenvalue weighted by Gasteiger charge is 2.44. The van der Waals surface area contributed by atoms with Gasteiger partial charge in [-0.05, 0) is 80.2 Å². The van der Waals surface area contributed by atoms with Crippen LogP contribution in [0.3, 0.4) is 0 Å². The summed E-state index contributed by atoms with van der Waals surface area (Å²) < 4.78 is 14.0. The van der Waals surface area contributed by atoms with Crippen LogP contribution in [0.2, 0.25) is 0 Å². The van der Waals surface area contributed by atoms with Gasteiger partial charge in [0.1, 0.15) is 5.69 Å². The van der Waals surface area contributed by atoms with E-state index in [1.165, 1.54) is 5.56 Å². The van der Waals surface area contributed by atoms with Crippen molar-refractivity contribution < 1.29 is 19.1 Å². The molecule has 1 saturated carbocycles. The highest BCUT2D eigenvalue weighted by molar-refractivity contribution is 7.13. The summed E-state index contributed by atoms with van der Waals surface area (Å²) in [6.07, 6.45) is 2.75. The largest absolute Gasteiger partial charge is 0.493 e. The van der Waals surface area contributed by atoms with Crippen LogP contribution in [0.5, 0.6) is 11.5 Å². The molecule has 3 aliphatic rings. The van der Waals surface area contributed by atoms with Gasteiger partial charge in [0.2, 0.25) is 5.91 Å². The van der Waals surface area contributed by atoms with Crippen molar-refractivity contribution >= 4 is 23.2 Å². The Bertz CT molecular complexity index is 1400. The van der Waals surface area contributed by atoms with Gasteiger partial charge in [-0.2, -0.15) is 0 Å². The Kier molecular flexibility index (Phi) is 6.69. The van der Waals surface area contributed by atoms with Gasteiger partial charge in [-0.1, -0.05) is 6.07 Å². The zero-order valence-electron chi connectivity index (χ0n) is 23.4. The number of aryl methyl sites for hydroxylation is 1. The summed E-state index contributed by atoms with van der Waals surface area (Å²) in [5, 5.41) is 2.08. The molecule has 2 aliphatic heterocycles. The first-order chi connectivity index (χ1) is 18.7. The second kappa shape index (κ2) is 10.0. The monoisotopic (exact) mass is 547 g/mol. The van der Waals surface area contributed by atoms with E-state index in [2.05, 4.69) is 40.3 Å². The van der Waals surface area contributed by atoms with Gasteiger partial charge in [-0.3, -0.25) is 9.59 Å². The van der Waals surface area contributed by atoms with Crippen LogP contribution in [0.1, 0.15) is 49.7 Å².